The molecule has 0 aliphatic carbocycles. The number of nitrogens with zero attached hydrogens (tertiary/aromatic N) is 3. The molecule has 1 fully saturated rings. The molecule has 7 heteroatoms. The van der Waals surface area contributed by atoms with E-state index in [-0.39, 0.29) is 17.5 Å². The van der Waals surface area contributed by atoms with E-state index in [1.54, 1.807) is 12.1 Å². The number of nitro groups is 1. The molecule has 0 spiro atoms. The van der Waals surface area contributed by atoms with E-state index < -0.39 is 4.92 Å². The molecule has 0 aromatic heterocycles. The van der Waals surface area contributed by atoms with Gasteiger partial charge in [0.1, 0.15) is 5.69 Å². The number of nitrogens with one attached hydrogen (secondary N) is 1. The van der Waals surface area contributed by atoms with Gasteiger partial charge < -0.3 is 10.2 Å². The lowest BCUT2D eigenvalue weighted by Crippen LogP contribution is -2.51. The summed E-state index contributed by atoms with van der Waals surface area (Å²) >= 11 is 0. The van der Waals surface area contributed by atoms with Crippen molar-refractivity contribution in [3.8, 4) is 0 Å². The zero-order valence-corrected chi connectivity index (χ0v) is 14.6. The lowest BCUT2D eigenvalue weighted by atomic mass is 10.1. The average Bonchev–Trinajstić information content (AvgIpc) is 2.59. The van der Waals surface area contributed by atoms with Gasteiger partial charge in [-0.15, -0.1) is 0 Å². The van der Waals surface area contributed by atoms with Crippen LogP contribution in [0.1, 0.15) is 31.1 Å². The molecule has 1 heterocycles. The Morgan fingerprint density at radius 2 is 2.00 bits per heavy atom. The third-order valence-corrected chi connectivity index (χ3v) is 4.67. The molecule has 1 aromatic rings. The normalized spacial score (nSPS) is 17.5. The Hall–Kier alpha value is -1.99. The SMILES string of the molecule is CCN1CCN(C(C)CNc2ccc(C(C)=O)cc2[N+](=O)[O-])CC1. The van der Waals surface area contributed by atoms with Gasteiger partial charge in [-0.1, -0.05) is 6.92 Å². The number of anilines is 1. The summed E-state index contributed by atoms with van der Waals surface area (Å²) in [6.45, 7) is 11.6. The van der Waals surface area contributed by atoms with Gasteiger partial charge in [-0.2, -0.15) is 0 Å². The van der Waals surface area contributed by atoms with Crippen LogP contribution >= 0.6 is 0 Å². The first-order valence-electron chi connectivity index (χ1n) is 8.42. The number of hydrogen-bond donors (Lipinski definition) is 1. The van der Waals surface area contributed by atoms with Crippen molar-refractivity contribution < 1.29 is 9.72 Å². The number of carbonyl (C=O) groups is 1. The Labute approximate surface area is 142 Å². The number of likely N-dealkylation sites (N-methyl/N-ethyl adjacent to an activating group) is 1. The summed E-state index contributed by atoms with van der Waals surface area (Å²) < 4.78 is 0. The Kier molecular flexibility index (Phi) is 6.28. The molecule has 1 aromatic carbocycles. The summed E-state index contributed by atoms with van der Waals surface area (Å²) in [5.74, 6) is -0.174. The average molecular weight is 334 g/mol. The predicted octanol–water partition coefficient (Wildman–Crippen LogP) is 2.24. The minimum atomic E-state index is -0.445. The number of rotatable bonds is 7. The van der Waals surface area contributed by atoms with Crippen LogP contribution in [0, 0.1) is 10.1 Å². The highest BCUT2D eigenvalue weighted by atomic mass is 16.6. The van der Waals surface area contributed by atoms with E-state index in [0.29, 0.717) is 17.8 Å². The van der Waals surface area contributed by atoms with E-state index in [0.717, 1.165) is 32.7 Å². The fourth-order valence-electron chi connectivity index (χ4n) is 2.96. The van der Waals surface area contributed by atoms with E-state index in [1.807, 2.05) is 0 Å². The maximum Gasteiger partial charge on any atom is 0.293 e. The van der Waals surface area contributed by atoms with Crippen LogP contribution in [0.25, 0.3) is 0 Å². The Bertz CT molecular complexity index is 597. The van der Waals surface area contributed by atoms with Gasteiger partial charge in [-0.05, 0) is 32.5 Å². The summed E-state index contributed by atoms with van der Waals surface area (Å²) in [6, 6.07) is 4.88. The molecular weight excluding hydrogens is 308 g/mol. The van der Waals surface area contributed by atoms with Crippen LogP contribution in [0.4, 0.5) is 11.4 Å². The molecule has 2 rings (SSSR count). The maximum absolute atomic E-state index is 11.4. The summed E-state index contributed by atoms with van der Waals surface area (Å²) in [6.07, 6.45) is 0. The predicted molar refractivity (Wildman–Crippen MR) is 94.7 cm³/mol. The lowest BCUT2D eigenvalue weighted by Gasteiger charge is -2.37. The zero-order valence-electron chi connectivity index (χ0n) is 14.6. The molecular formula is C17H26N4O3. The Morgan fingerprint density at radius 1 is 1.33 bits per heavy atom. The Balaban J connectivity index is 1.98. The van der Waals surface area contributed by atoms with Gasteiger partial charge in [0.05, 0.1) is 4.92 Å². The molecule has 0 saturated carbocycles. The monoisotopic (exact) mass is 334 g/mol. The van der Waals surface area contributed by atoms with Crippen molar-refractivity contribution in [3.63, 3.8) is 0 Å². The van der Waals surface area contributed by atoms with Crippen molar-refractivity contribution in [1.29, 1.82) is 0 Å². The molecule has 1 N–H and O–H groups in total. The van der Waals surface area contributed by atoms with Gasteiger partial charge in [-0.3, -0.25) is 19.8 Å². The number of nitro benzene ring substituents is 1. The van der Waals surface area contributed by atoms with Crippen molar-refractivity contribution in [3.05, 3.63) is 33.9 Å². The second-order valence-electron chi connectivity index (χ2n) is 6.25. The second-order valence-corrected chi connectivity index (χ2v) is 6.25. The van der Waals surface area contributed by atoms with Gasteiger partial charge in [-0.25, -0.2) is 0 Å². The molecule has 1 saturated heterocycles. The molecule has 0 amide bonds. The standard InChI is InChI=1S/C17H26N4O3/c1-4-19-7-9-20(10-8-19)13(2)12-18-16-6-5-15(14(3)22)11-17(16)21(23)24/h5-6,11,13,18H,4,7-10,12H2,1-3H3. The third kappa shape index (κ3) is 4.52. The number of hydrogen-bond acceptors (Lipinski definition) is 6. The lowest BCUT2D eigenvalue weighted by molar-refractivity contribution is -0.384. The highest BCUT2D eigenvalue weighted by Crippen LogP contribution is 2.26. The zero-order chi connectivity index (χ0) is 17.7. The van der Waals surface area contributed by atoms with Gasteiger partial charge in [0.2, 0.25) is 0 Å². The summed E-state index contributed by atoms with van der Waals surface area (Å²) in [5, 5.41) is 14.4. The Morgan fingerprint density at radius 3 is 2.54 bits per heavy atom. The van der Waals surface area contributed by atoms with Crippen molar-refractivity contribution >= 4 is 17.2 Å². The third-order valence-electron chi connectivity index (χ3n) is 4.67. The van der Waals surface area contributed by atoms with E-state index in [1.165, 1.54) is 13.0 Å². The van der Waals surface area contributed by atoms with Crippen LogP contribution in [0.3, 0.4) is 0 Å². The fraction of sp³-hybridized carbons (Fsp3) is 0.588. The largest absolute Gasteiger partial charge is 0.378 e. The fourth-order valence-corrected chi connectivity index (χ4v) is 2.96. The first kappa shape index (κ1) is 18.4. The molecule has 0 radical (unpaired) electrons. The first-order valence-corrected chi connectivity index (χ1v) is 8.42. The molecule has 132 valence electrons. The second kappa shape index (κ2) is 8.21. The van der Waals surface area contributed by atoms with Crippen molar-refractivity contribution in [2.45, 2.75) is 26.8 Å². The quantitative estimate of drug-likeness (QED) is 0.468. The molecule has 0 bridgehead atoms. The summed E-state index contributed by atoms with van der Waals surface area (Å²) in [7, 11) is 0. The van der Waals surface area contributed by atoms with E-state index in [4.69, 9.17) is 0 Å². The molecule has 1 aliphatic rings. The van der Waals surface area contributed by atoms with Crippen LogP contribution < -0.4 is 5.32 Å². The molecule has 1 unspecified atom stereocenters. The number of piperazine rings is 1. The number of carbonyl (C=O) groups excluding carboxylic acids is 1. The molecule has 24 heavy (non-hydrogen) atoms. The highest BCUT2D eigenvalue weighted by Gasteiger charge is 2.21. The molecule has 1 aliphatic heterocycles. The van der Waals surface area contributed by atoms with Crippen LogP contribution in [-0.4, -0.2) is 65.8 Å². The van der Waals surface area contributed by atoms with Gasteiger partial charge in [0.25, 0.3) is 5.69 Å². The van der Waals surface area contributed by atoms with Crippen molar-refractivity contribution in [2.24, 2.45) is 0 Å². The maximum atomic E-state index is 11.4. The number of ketones is 1. The highest BCUT2D eigenvalue weighted by molar-refractivity contribution is 5.95. The first-order chi connectivity index (χ1) is 11.4. The van der Waals surface area contributed by atoms with Crippen molar-refractivity contribution in [1.82, 2.24) is 9.80 Å². The van der Waals surface area contributed by atoms with Gasteiger partial charge in [0, 0.05) is 50.4 Å². The van der Waals surface area contributed by atoms with Crippen LogP contribution in [0.15, 0.2) is 18.2 Å². The van der Waals surface area contributed by atoms with E-state index >= 15 is 0 Å². The number of benzene rings is 1. The van der Waals surface area contributed by atoms with E-state index in [2.05, 4.69) is 29.0 Å². The van der Waals surface area contributed by atoms with Crippen LogP contribution in [0.2, 0.25) is 0 Å². The van der Waals surface area contributed by atoms with E-state index in [9.17, 15) is 14.9 Å². The minimum absolute atomic E-state index is 0.0503. The topological polar surface area (TPSA) is 78.7 Å². The molecule has 7 nitrogen and oxygen atoms in total. The molecule has 1 atom stereocenters. The van der Waals surface area contributed by atoms with Crippen LogP contribution in [-0.2, 0) is 0 Å². The summed E-state index contributed by atoms with van der Waals surface area (Å²) in [4.78, 5) is 27.0. The van der Waals surface area contributed by atoms with Gasteiger partial charge in [0.15, 0.2) is 5.78 Å². The summed E-state index contributed by atoms with van der Waals surface area (Å²) in [5.41, 5.74) is 0.769. The van der Waals surface area contributed by atoms with Gasteiger partial charge >= 0.3 is 0 Å². The number of Topliss-reactive ketones (excluding diaryl/α,β-unsaturated/α-hetero) is 1. The van der Waals surface area contributed by atoms with Crippen LogP contribution in [0.5, 0.6) is 0 Å². The minimum Gasteiger partial charge on any atom is -0.378 e. The smallest absolute Gasteiger partial charge is 0.293 e. The van der Waals surface area contributed by atoms with Crippen molar-refractivity contribution in [2.75, 3.05) is 44.6 Å².